The number of fused-ring (bicyclic) bond motifs is 1. The maximum absolute atomic E-state index is 14.9. The Hall–Kier alpha value is -3.51. The Balaban J connectivity index is 1.71. The molecular formula is C22H19ClF3N7O2. The van der Waals surface area contributed by atoms with Crippen LogP contribution >= 0.6 is 11.6 Å². The number of aromatic nitrogens is 6. The van der Waals surface area contributed by atoms with Crippen molar-refractivity contribution in [2.24, 2.45) is 14.1 Å². The van der Waals surface area contributed by atoms with Crippen LogP contribution in [0, 0.1) is 12.7 Å². The molecule has 0 aliphatic carbocycles. The Morgan fingerprint density at radius 2 is 1.94 bits per heavy atom. The lowest BCUT2D eigenvalue weighted by molar-refractivity contribution is -0.269. The molecule has 1 aliphatic rings. The van der Waals surface area contributed by atoms with Crippen LogP contribution in [0.4, 0.5) is 19.1 Å². The highest BCUT2D eigenvalue weighted by molar-refractivity contribution is 6.30. The zero-order chi connectivity index (χ0) is 25.1. The Kier molecular flexibility index (Phi) is 5.52. The van der Waals surface area contributed by atoms with Crippen LogP contribution in [-0.4, -0.2) is 48.5 Å². The van der Waals surface area contributed by atoms with Crippen LogP contribution in [0.3, 0.4) is 0 Å². The van der Waals surface area contributed by atoms with Gasteiger partial charge in [-0.05, 0) is 25.1 Å². The molecule has 1 atom stereocenters. The monoisotopic (exact) mass is 505 g/mol. The molecule has 13 heteroatoms. The van der Waals surface area contributed by atoms with Crippen molar-refractivity contribution in [2.75, 3.05) is 18.0 Å². The highest BCUT2D eigenvalue weighted by atomic mass is 35.5. The fraction of sp³-hybridized carbons (Fsp3) is 0.318. The molecule has 5 rings (SSSR count). The second-order valence-electron chi connectivity index (χ2n) is 8.29. The highest BCUT2D eigenvalue weighted by Crippen LogP contribution is 2.36. The molecular weight excluding hydrogens is 487 g/mol. The average molecular weight is 506 g/mol. The standard InChI is InChI=1S/C22H19ClF3N7O2/c1-11-28-18-17(14-5-4-13(23)6-15(14)24)29-21(30-19(18)20(34)32(11)3)33-9-16(35-22(25,26)10-33)12-7-27-31(2)8-12/h4-8,16H,9-10H2,1-3H3/t16-/m1/s1. The van der Waals surface area contributed by atoms with E-state index in [0.717, 1.165) is 6.07 Å². The summed E-state index contributed by atoms with van der Waals surface area (Å²) in [7, 11) is 3.17. The molecule has 4 aromatic rings. The topological polar surface area (TPSA) is 91.0 Å². The van der Waals surface area contributed by atoms with Gasteiger partial charge in [0.1, 0.15) is 35.5 Å². The second kappa shape index (κ2) is 8.31. The molecule has 3 aromatic heterocycles. The lowest BCUT2D eigenvalue weighted by Crippen LogP contribution is -2.48. The van der Waals surface area contributed by atoms with Gasteiger partial charge in [-0.15, -0.1) is 0 Å². The van der Waals surface area contributed by atoms with Gasteiger partial charge in [-0.1, -0.05) is 11.6 Å². The summed E-state index contributed by atoms with van der Waals surface area (Å²) >= 11 is 5.90. The Bertz CT molecular complexity index is 1520. The van der Waals surface area contributed by atoms with Crippen molar-refractivity contribution in [1.29, 1.82) is 0 Å². The second-order valence-corrected chi connectivity index (χ2v) is 8.72. The lowest BCUT2D eigenvalue weighted by atomic mass is 10.1. The molecule has 0 radical (unpaired) electrons. The molecule has 1 aliphatic heterocycles. The summed E-state index contributed by atoms with van der Waals surface area (Å²) in [6.45, 7) is 0.699. The summed E-state index contributed by atoms with van der Waals surface area (Å²) in [6, 6.07) is 3.95. The van der Waals surface area contributed by atoms with E-state index >= 15 is 0 Å². The number of rotatable bonds is 3. The largest absolute Gasteiger partial charge is 0.373 e. The number of hydrogen-bond acceptors (Lipinski definition) is 7. The van der Waals surface area contributed by atoms with Gasteiger partial charge in [0.05, 0.1) is 12.7 Å². The van der Waals surface area contributed by atoms with Crippen molar-refractivity contribution in [3.8, 4) is 11.3 Å². The third kappa shape index (κ3) is 4.23. The third-order valence-electron chi connectivity index (χ3n) is 5.78. The predicted molar refractivity (Wildman–Crippen MR) is 122 cm³/mol. The summed E-state index contributed by atoms with van der Waals surface area (Å²) in [5.41, 5.74) is -0.148. The van der Waals surface area contributed by atoms with Crippen LogP contribution in [0.1, 0.15) is 17.5 Å². The van der Waals surface area contributed by atoms with Crippen LogP contribution in [0.15, 0.2) is 35.4 Å². The van der Waals surface area contributed by atoms with Gasteiger partial charge in [0.2, 0.25) is 5.95 Å². The van der Waals surface area contributed by atoms with E-state index in [4.69, 9.17) is 16.3 Å². The lowest BCUT2D eigenvalue weighted by Gasteiger charge is -2.37. The van der Waals surface area contributed by atoms with E-state index in [1.807, 2.05) is 0 Å². The van der Waals surface area contributed by atoms with E-state index in [2.05, 4.69) is 20.1 Å². The molecule has 1 aromatic carbocycles. The first-order chi connectivity index (χ1) is 16.5. The number of nitrogens with zero attached hydrogens (tertiary/aromatic N) is 7. The Labute approximate surface area is 201 Å². The van der Waals surface area contributed by atoms with E-state index < -0.39 is 30.1 Å². The molecule has 0 amide bonds. The van der Waals surface area contributed by atoms with E-state index in [0.29, 0.717) is 11.4 Å². The van der Waals surface area contributed by atoms with Crippen LogP contribution in [0.5, 0.6) is 0 Å². The number of hydrogen-bond donors (Lipinski definition) is 0. The van der Waals surface area contributed by atoms with E-state index in [1.165, 1.54) is 39.5 Å². The number of halogens is 4. The molecule has 0 saturated carbocycles. The maximum atomic E-state index is 14.9. The molecule has 35 heavy (non-hydrogen) atoms. The van der Waals surface area contributed by atoms with Crippen LogP contribution < -0.4 is 10.5 Å². The summed E-state index contributed by atoms with van der Waals surface area (Å²) in [4.78, 5) is 27.3. The quantitative estimate of drug-likeness (QED) is 0.421. The van der Waals surface area contributed by atoms with Gasteiger partial charge in [0, 0.05) is 36.4 Å². The first kappa shape index (κ1) is 23.2. The number of morpholine rings is 1. The zero-order valence-electron chi connectivity index (χ0n) is 18.8. The molecule has 182 valence electrons. The molecule has 1 fully saturated rings. The number of anilines is 1. The van der Waals surface area contributed by atoms with Crippen molar-refractivity contribution in [2.45, 2.75) is 19.1 Å². The van der Waals surface area contributed by atoms with Gasteiger partial charge in [-0.3, -0.25) is 14.0 Å². The van der Waals surface area contributed by atoms with Crippen molar-refractivity contribution < 1.29 is 17.9 Å². The SMILES string of the molecule is Cc1nc2c(-c3ccc(Cl)cc3F)nc(N3C[C@H](c4cnn(C)c4)OC(F)(F)C3)nc2c(=O)n1C. The van der Waals surface area contributed by atoms with Gasteiger partial charge in [0.15, 0.2) is 5.52 Å². The van der Waals surface area contributed by atoms with E-state index in [-0.39, 0.29) is 39.8 Å². The highest BCUT2D eigenvalue weighted by Gasteiger charge is 2.43. The molecule has 4 heterocycles. The summed E-state index contributed by atoms with van der Waals surface area (Å²) in [5.74, 6) is -0.533. The minimum Gasteiger partial charge on any atom is -0.329 e. The first-order valence-corrected chi connectivity index (χ1v) is 10.9. The summed E-state index contributed by atoms with van der Waals surface area (Å²) < 4.78 is 51.9. The molecule has 0 bridgehead atoms. The van der Waals surface area contributed by atoms with E-state index in [9.17, 15) is 18.0 Å². The number of ether oxygens (including phenoxy) is 1. The van der Waals surface area contributed by atoms with Gasteiger partial charge in [0.25, 0.3) is 5.56 Å². The van der Waals surface area contributed by atoms with E-state index in [1.54, 1.807) is 20.2 Å². The summed E-state index contributed by atoms with van der Waals surface area (Å²) in [5, 5.41) is 4.18. The molecule has 0 unspecified atom stereocenters. The fourth-order valence-electron chi connectivity index (χ4n) is 3.95. The first-order valence-electron chi connectivity index (χ1n) is 10.5. The smallest absolute Gasteiger partial charge is 0.329 e. The zero-order valence-corrected chi connectivity index (χ0v) is 19.6. The minimum atomic E-state index is -3.54. The summed E-state index contributed by atoms with van der Waals surface area (Å²) in [6.07, 6.45) is -1.58. The maximum Gasteiger partial charge on any atom is 0.373 e. The normalized spacial score (nSPS) is 17.8. The third-order valence-corrected chi connectivity index (χ3v) is 6.02. The molecule has 0 N–H and O–H groups in total. The van der Waals surface area contributed by atoms with Crippen molar-refractivity contribution in [3.05, 3.63) is 63.2 Å². The van der Waals surface area contributed by atoms with Gasteiger partial charge in [-0.25, -0.2) is 19.3 Å². The van der Waals surface area contributed by atoms with Crippen LogP contribution in [-0.2, 0) is 18.8 Å². The average Bonchev–Trinajstić information content (AvgIpc) is 3.23. The van der Waals surface area contributed by atoms with Gasteiger partial charge < -0.3 is 9.64 Å². The fourth-order valence-corrected chi connectivity index (χ4v) is 4.11. The van der Waals surface area contributed by atoms with Gasteiger partial charge >= 0.3 is 6.11 Å². The van der Waals surface area contributed by atoms with Gasteiger partial charge in [-0.2, -0.15) is 13.9 Å². The minimum absolute atomic E-state index is 0.00651. The number of alkyl halides is 2. The van der Waals surface area contributed by atoms with Crippen LogP contribution in [0.25, 0.3) is 22.3 Å². The van der Waals surface area contributed by atoms with Crippen molar-refractivity contribution in [3.63, 3.8) is 0 Å². The number of benzene rings is 1. The molecule has 9 nitrogen and oxygen atoms in total. The van der Waals surface area contributed by atoms with Crippen molar-refractivity contribution in [1.82, 2.24) is 29.3 Å². The van der Waals surface area contributed by atoms with Crippen molar-refractivity contribution >= 4 is 28.6 Å². The van der Waals surface area contributed by atoms with Crippen LogP contribution in [0.2, 0.25) is 5.02 Å². The molecule has 0 spiro atoms. The predicted octanol–water partition coefficient (Wildman–Crippen LogP) is 3.40. The Morgan fingerprint density at radius 3 is 2.63 bits per heavy atom. The molecule has 1 saturated heterocycles. The number of aryl methyl sites for hydroxylation is 2. The Morgan fingerprint density at radius 1 is 1.17 bits per heavy atom.